The van der Waals surface area contributed by atoms with E-state index in [1.807, 2.05) is 6.55 Å². The summed E-state index contributed by atoms with van der Waals surface area (Å²) in [4.78, 5) is 24.2. The Hall–Kier alpha value is -1.96. The van der Waals surface area contributed by atoms with Crippen molar-refractivity contribution >= 4 is 20.5 Å². The summed E-state index contributed by atoms with van der Waals surface area (Å²) in [5.74, 6) is -0.942. The van der Waals surface area contributed by atoms with Gasteiger partial charge in [-0.3, -0.25) is 0 Å². The normalized spacial score (nSPS) is 11.0. The highest BCUT2D eigenvalue weighted by molar-refractivity contribution is 6.65. The molecule has 0 N–H and O–H groups in total. The van der Waals surface area contributed by atoms with Gasteiger partial charge in [-0.1, -0.05) is 18.7 Å². The molecule has 1 aromatic carbocycles. The van der Waals surface area contributed by atoms with E-state index in [4.69, 9.17) is 18.3 Å². The minimum absolute atomic E-state index is 0.151. The van der Waals surface area contributed by atoms with Crippen LogP contribution in [0.25, 0.3) is 0 Å². The van der Waals surface area contributed by atoms with Gasteiger partial charge in [0.2, 0.25) is 0 Å². The molecular formula is C17H24O6Si. The molecule has 0 radical (unpaired) electrons. The Morgan fingerprint density at radius 3 is 2.12 bits per heavy atom. The van der Waals surface area contributed by atoms with Crippen molar-refractivity contribution in [2.45, 2.75) is 25.9 Å². The Morgan fingerprint density at radius 1 is 1.08 bits per heavy atom. The van der Waals surface area contributed by atoms with Crippen LogP contribution in [0, 0.1) is 0 Å². The molecule has 132 valence electrons. The van der Waals surface area contributed by atoms with Crippen molar-refractivity contribution in [1.82, 2.24) is 0 Å². The van der Waals surface area contributed by atoms with Crippen LogP contribution in [0.15, 0.2) is 36.6 Å². The van der Waals surface area contributed by atoms with Crippen molar-refractivity contribution in [2.75, 3.05) is 20.8 Å². The third-order valence-electron chi connectivity index (χ3n) is 3.51. The first kappa shape index (κ1) is 20.1. The van der Waals surface area contributed by atoms with Crippen LogP contribution < -0.4 is 0 Å². The molecule has 0 bridgehead atoms. The van der Waals surface area contributed by atoms with Crippen molar-refractivity contribution in [3.05, 3.63) is 47.7 Å². The van der Waals surface area contributed by atoms with E-state index in [2.05, 4.69) is 6.58 Å². The molecule has 0 aliphatic heterocycles. The Kier molecular flexibility index (Phi) is 7.83. The topological polar surface area (TPSA) is 71.1 Å². The fraction of sp³-hybridized carbons (Fsp3) is 0.412. The first-order valence-electron chi connectivity index (χ1n) is 7.57. The lowest BCUT2D eigenvalue weighted by Gasteiger charge is -2.22. The second kappa shape index (κ2) is 9.36. The quantitative estimate of drug-likeness (QED) is 0.294. The number of hydrogen-bond acceptors (Lipinski definition) is 6. The number of rotatable bonds is 9. The fourth-order valence-electron chi connectivity index (χ4n) is 1.98. The highest BCUT2D eigenvalue weighted by Crippen LogP contribution is 2.16. The van der Waals surface area contributed by atoms with Crippen LogP contribution in [-0.4, -0.2) is 41.3 Å². The highest BCUT2D eigenvalue weighted by atomic mass is 28.4. The van der Waals surface area contributed by atoms with Gasteiger partial charge in [0, 0.05) is 14.2 Å². The van der Waals surface area contributed by atoms with Gasteiger partial charge in [0.1, 0.15) is 0 Å². The maximum Gasteiger partial charge on any atom is 0.344 e. The molecule has 0 aliphatic rings. The number of esters is 2. The van der Waals surface area contributed by atoms with E-state index in [-0.39, 0.29) is 23.5 Å². The highest BCUT2D eigenvalue weighted by Gasteiger charge is 2.28. The average molecular weight is 352 g/mol. The number of hydrogen-bond donors (Lipinski definition) is 0. The smallest absolute Gasteiger partial charge is 0.344 e. The molecule has 0 aliphatic carbocycles. The SMILES string of the molecule is C=C(C)OC(=O)c1ccccc1C(=O)OCCC[Si](C)(OC)OC. The van der Waals surface area contributed by atoms with Gasteiger partial charge in [-0.05, 0) is 38.1 Å². The number of ether oxygens (including phenoxy) is 2. The zero-order valence-electron chi connectivity index (χ0n) is 14.6. The molecule has 0 aromatic heterocycles. The van der Waals surface area contributed by atoms with Crippen LogP contribution in [0.2, 0.25) is 12.6 Å². The average Bonchev–Trinajstić information content (AvgIpc) is 2.57. The van der Waals surface area contributed by atoms with Gasteiger partial charge in [0.25, 0.3) is 0 Å². The summed E-state index contributed by atoms with van der Waals surface area (Å²) in [5.41, 5.74) is 0.320. The van der Waals surface area contributed by atoms with E-state index < -0.39 is 20.5 Å². The Morgan fingerprint density at radius 2 is 1.62 bits per heavy atom. The molecule has 6 nitrogen and oxygen atoms in total. The number of benzene rings is 1. The maximum absolute atomic E-state index is 12.2. The molecule has 7 heteroatoms. The van der Waals surface area contributed by atoms with Crippen LogP contribution in [-0.2, 0) is 18.3 Å². The third-order valence-corrected chi connectivity index (χ3v) is 6.49. The minimum atomic E-state index is -2.17. The lowest BCUT2D eigenvalue weighted by Crippen LogP contribution is -2.36. The molecule has 0 saturated carbocycles. The monoisotopic (exact) mass is 352 g/mol. The molecule has 0 unspecified atom stereocenters. The van der Waals surface area contributed by atoms with Crippen LogP contribution in [0.5, 0.6) is 0 Å². The largest absolute Gasteiger partial charge is 0.462 e. The van der Waals surface area contributed by atoms with E-state index >= 15 is 0 Å². The van der Waals surface area contributed by atoms with Gasteiger partial charge < -0.3 is 18.3 Å². The Balaban J connectivity index is 2.66. The zero-order valence-corrected chi connectivity index (χ0v) is 15.6. The Labute approximate surface area is 143 Å². The van der Waals surface area contributed by atoms with Crippen LogP contribution >= 0.6 is 0 Å². The predicted molar refractivity (Wildman–Crippen MR) is 92.0 cm³/mol. The standard InChI is InChI=1S/C17H24O6Si/c1-13(2)23-17(19)15-10-7-6-9-14(15)16(18)22-11-8-12-24(5,20-3)21-4/h6-7,9-10H,1,8,11-12H2,2-5H3. The van der Waals surface area contributed by atoms with Gasteiger partial charge in [-0.25, -0.2) is 9.59 Å². The first-order chi connectivity index (χ1) is 11.3. The predicted octanol–water partition coefficient (Wildman–Crippen LogP) is 3.29. The van der Waals surface area contributed by atoms with E-state index in [9.17, 15) is 9.59 Å². The van der Waals surface area contributed by atoms with Gasteiger partial charge in [-0.2, -0.15) is 0 Å². The summed E-state index contributed by atoms with van der Waals surface area (Å²) in [6.45, 7) is 7.24. The number of allylic oxidation sites excluding steroid dienone is 1. The lowest BCUT2D eigenvalue weighted by molar-refractivity contribution is 0.0486. The second-order valence-corrected chi connectivity index (χ2v) is 9.00. The molecule has 24 heavy (non-hydrogen) atoms. The molecule has 1 rings (SSSR count). The molecule has 0 atom stereocenters. The lowest BCUT2D eigenvalue weighted by atomic mass is 10.1. The van der Waals surface area contributed by atoms with E-state index in [1.54, 1.807) is 33.3 Å². The summed E-state index contributed by atoms with van der Waals surface area (Å²) in [5, 5.41) is 0. The third kappa shape index (κ3) is 5.92. The molecule has 0 heterocycles. The van der Waals surface area contributed by atoms with Gasteiger partial charge in [0.15, 0.2) is 0 Å². The Bertz CT molecular complexity index is 594. The summed E-state index contributed by atoms with van der Waals surface area (Å²) in [6.07, 6.45) is 0.620. The van der Waals surface area contributed by atoms with Crippen LogP contribution in [0.1, 0.15) is 34.1 Å². The first-order valence-corrected chi connectivity index (χ1v) is 10.1. The minimum Gasteiger partial charge on any atom is -0.462 e. The van der Waals surface area contributed by atoms with Crippen molar-refractivity contribution in [1.29, 1.82) is 0 Å². The van der Waals surface area contributed by atoms with E-state index in [0.717, 1.165) is 0 Å². The fourth-order valence-corrected chi connectivity index (χ4v) is 3.34. The van der Waals surface area contributed by atoms with E-state index in [1.165, 1.54) is 12.1 Å². The van der Waals surface area contributed by atoms with Gasteiger partial charge in [0.05, 0.1) is 23.5 Å². The summed E-state index contributed by atoms with van der Waals surface area (Å²) < 4.78 is 21.0. The number of carbonyl (C=O) groups is 2. The molecule has 0 amide bonds. The van der Waals surface area contributed by atoms with Crippen molar-refractivity contribution in [2.24, 2.45) is 0 Å². The molecule has 0 spiro atoms. The van der Waals surface area contributed by atoms with Crippen molar-refractivity contribution in [3.8, 4) is 0 Å². The molecule has 0 fully saturated rings. The summed E-state index contributed by atoms with van der Waals surface area (Å²) >= 11 is 0. The van der Waals surface area contributed by atoms with Crippen LogP contribution in [0.3, 0.4) is 0 Å². The molecule has 1 aromatic rings. The zero-order chi connectivity index (χ0) is 18.2. The van der Waals surface area contributed by atoms with Crippen LogP contribution in [0.4, 0.5) is 0 Å². The van der Waals surface area contributed by atoms with E-state index in [0.29, 0.717) is 12.5 Å². The maximum atomic E-state index is 12.2. The van der Waals surface area contributed by atoms with Crippen molar-refractivity contribution < 1.29 is 27.9 Å². The molecule has 0 saturated heterocycles. The number of carbonyl (C=O) groups excluding carboxylic acids is 2. The summed E-state index contributed by atoms with van der Waals surface area (Å²) in [7, 11) is 1.06. The summed E-state index contributed by atoms with van der Waals surface area (Å²) in [6, 6.07) is 7.06. The van der Waals surface area contributed by atoms with Crippen molar-refractivity contribution in [3.63, 3.8) is 0 Å². The van der Waals surface area contributed by atoms with Gasteiger partial charge in [-0.15, -0.1) is 0 Å². The van der Waals surface area contributed by atoms with Gasteiger partial charge >= 0.3 is 20.5 Å². The second-order valence-electron chi connectivity index (χ2n) is 5.42. The molecular weight excluding hydrogens is 328 g/mol.